The molecule has 0 fully saturated rings. The summed E-state index contributed by atoms with van der Waals surface area (Å²) in [4.78, 5) is 4.33. The molecular weight excluding hydrogens is 260 g/mol. The molecule has 100 valence electrons. The standard InChI is InChI=1S/C18H12N2O/c19-11-13-5-9-16(10-6-13)20-12-15-8-7-14-3-1-2-4-17(14)18(15)21/h1-10,12,21H. The number of rotatable bonds is 2. The maximum Gasteiger partial charge on any atom is 0.132 e. The van der Waals surface area contributed by atoms with Crippen molar-refractivity contribution in [2.24, 2.45) is 4.99 Å². The van der Waals surface area contributed by atoms with E-state index in [1.54, 1.807) is 30.5 Å². The van der Waals surface area contributed by atoms with Gasteiger partial charge < -0.3 is 5.11 Å². The van der Waals surface area contributed by atoms with E-state index in [1.165, 1.54) is 0 Å². The van der Waals surface area contributed by atoms with Gasteiger partial charge in [0.25, 0.3) is 0 Å². The Kier molecular flexibility index (Phi) is 3.36. The first-order valence-electron chi connectivity index (χ1n) is 6.53. The molecule has 3 rings (SSSR count). The second kappa shape index (κ2) is 5.48. The molecule has 0 amide bonds. The number of benzene rings is 3. The number of hydrogen-bond acceptors (Lipinski definition) is 3. The van der Waals surface area contributed by atoms with Crippen LogP contribution in [0.5, 0.6) is 5.75 Å². The minimum Gasteiger partial charge on any atom is -0.507 e. The van der Waals surface area contributed by atoms with Crippen molar-refractivity contribution in [2.75, 3.05) is 0 Å². The van der Waals surface area contributed by atoms with Gasteiger partial charge in [-0.25, -0.2) is 0 Å². The van der Waals surface area contributed by atoms with Gasteiger partial charge in [-0.15, -0.1) is 0 Å². The molecule has 0 aliphatic heterocycles. The molecule has 0 heterocycles. The SMILES string of the molecule is N#Cc1ccc(N=Cc2ccc3ccccc3c2O)cc1. The van der Waals surface area contributed by atoms with Gasteiger partial charge in [-0.2, -0.15) is 5.26 Å². The highest BCUT2D eigenvalue weighted by Gasteiger charge is 2.03. The third-order valence-corrected chi connectivity index (χ3v) is 3.28. The van der Waals surface area contributed by atoms with Gasteiger partial charge in [0.05, 0.1) is 17.3 Å². The molecule has 3 nitrogen and oxygen atoms in total. The van der Waals surface area contributed by atoms with Gasteiger partial charge in [-0.3, -0.25) is 4.99 Å². The number of hydrogen-bond donors (Lipinski definition) is 1. The molecule has 1 N–H and O–H groups in total. The molecule has 3 heteroatoms. The van der Waals surface area contributed by atoms with Gasteiger partial charge in [0.15, 0.2) is 0 Å². The summed E-state index contributed by atoms with van der Waals surface area (Å²) < 4.78 is 0. The minimum absolute atomic E-state index is 0.227. The number of nitriles is 1. The number of phenolic OH excluding ortho intramolecular Hbond substituents is 1. The van der Waals surface area contributed by atoms with Crippen molar-refractivity contribution in [3.05, 3.63) is 71.8 Å². The molecule has 0 unspecified atom stereocenters. The zero-order valence-electron chi connectivity index (χ0n) is 11.2. The van der Waals surface area contributed by atoms with Crippen LogP contribution in [-0.2, 0) is 0 Å². The lowest BCUT2D eigenvalue weighted by Gasteiger charge is -2.04. The van der Waals surface area contributed by atoms with E-state index in [-0.39, 0.29) is 5.75 Å². The van der Waals surface area contributed by atoms with Crippen LogP contribution < -0.4 is 0 Å². The molecule has 0 saturated heterocycles. The third-order valence-electron chi connectivity index (χ3n) is 3.28. The molecule has 0 aliphatic rings. The molecule has 0 radical (unpaired) electrons. The fraction of sp³-hybridized carbons (Fsp3) is 0. The Morgan fingerprint density at radius 2 is 1.71 bits per heavy atom. The summed E-state index contributed by atoms with van der Waals surface area (Å²) in [5.74, 6) is 0.227. The average Bonchev–Trinajstić information content (AvgIpc) is 2.55. The minimum atomic E-state index is 0.227. The second-order valence-corrected chi connectivity index (χ2v) is 4.64. The fourth-order valence-corrected chi connectivity index (χ4v) is 2.14. The van der Waals surface area contributed by atoms with Gasteiger partial charge in [0.1, 0.15) is 5.75 Å². The molecule has 3 aromatic carbocycles. The lowest BCUT2D eigenvalue weighted by atomic mass is 10.1. The second-order valence-electron chi connectivity index (χ2n) is 4.64. The van der Waals surface area contributed by atoms with Crippen LogP contribution in [0.15, 0.2) is 65.7 Å². The van der Waals surface area contributed by atoms with Crippen LogP contribution in [0.3, 0.4) is 0 Å². The highest BCUT2D eigenvalue weighted by atomic mass is 16.3. The summed E-state index contributed by atoms with van der Waals surface area (Å²) in [7, 11) is 0. The van der Waals surface area contributed by atoms with Gasteiger partial charge in [0, 0.05) is 17.2 Å². The largest absolute Gasteiger partial charge is 0.507 e. The molecular formula is C18H12N2O. The van der Waals surface area contributed by atoms with E-state index in [9.17, 15) is 5.11 Å². The zero-order valence-corrected chi connectivity index (χ0v) is 11.2. The maximum atomic E-state index is 10.3. The van der Waals surface area contributed by atoms with Gasteiger partial charge in [0.2, 0.25) is 0 Å². The monoisotopic (exact) mass is 272 g/mol. The lowest BCUT2D eigenvalue weighted by Crippen LogP contribution is -1.84. The van der Waals surface area contributed by atoms with Gasteiger partial charge in [-0.1, -0.05) is 30.3 Å². The van der Waals surface area contributed by atoms with Crippen LogP contribution in [0.25, 0.3) is 10.8 Å². The van der Waals surface area contributed by atoms with E-state index in [2.05, 4.69) is 11.1 Å². The lowest BCUT2D eigenvalue weighted by molar-refractivity contribution is 0.481. The Morgan fingerprint density at radius 1 is 0.952 bits per heavy atom. The van der Waals surface area contributed by atoms with E-state index in [1.807, 2.05) is 36.4 Å². The number of nitrogens with zero attached hydrogens (tertiary/aromatic N) is 2. The zero-order chi connectivity index (χ0) is 14.7. The van der Waals surface area contributed by atoms with E-state index in [0.29, 0.717) is 11.1 Å². The molecule has 0 bridgehead atoms. The average molecular weight is 272 g/mol. The van der Waals surface area contributed by atoms with Crippen molar-refractivity contribution < 1.29 is 5.11 Å². The smallest absolute Gasteiger partial charge is 0.132 e. The Labute approximate surface area is 122 Å². The Hall–Kier alpha value is -3.12. The first kappa shape index (κ1) is 12.9. The van der Waals surface area contributed by atoms with E-state index < -0.39 is 0 Å². The molecule has 3 aromatic rings. The molecule has 0 aromatic heterocycles. The van der Waals surface area contributed by atoms with Crippen LogP contribution >= 0.6 is 0 Å². The summed E-state index contributed by atoms with van der Waals surface area (Å²) in [6, 6.07) is 20.5. The first-order chi connectivity index (χ1) is 10.3. The van der Waals surface area contributed by atoms with E-state index in [4.69, 9.17) is 5.26 Å². The van der Waals surface area contributed by atoms with Crippen molar-refractivity contribution >= 4 is 22.7 Å². The van der Waals surface area contributed by atoms with E-state index in [0.717, 1.165) is 16.5 Å². The Balaban J connectivity index is 1.95. The molecule has 0 saturated carbocycles. The summed E-state index contributed by atoms with van der Waals surface area (Å²) in [6.45, 7) is 0. The first-order valence-corrected chi connectivity index (χ1v) is 6.53. The highest BCUT2D eigenvalue weighted by molar-refractivity contribution is 5.97. The van der Waals surface area contributed by atoms with Crippen molar-refractivity contribution in [3.8, 4) is 11.8 Å². The topological polar surface area (TPSA) is 56.4 Å². The van der Waals surface area contributed by atoms with Crippen molar-refractivity contribution in [1.29, 1.82) is 5.26 Å². The predicted octanol–water partition coefficient (Wildman–Crippen LogP) is 4.17. The summed E-state index contributed by atoms with van der Waals surface area (Å²) in [6.07, 6.45) is 1.63. The Morgan fingerprint density at radius 3 is 2.48 bits per heavy atom. The van der Waals surface area contributed by atoms with E-state index >= 15 is 0 Å². The summed E-state index contributed by atoms with van der Waals surface area (Å²) in [5, 5.41) is 20.8. The summed E-state index contributed by atoms with van der Waals surface area (Å²) >= 11 is 0. The van der Waals surface area contributed by atoms with Crippen LogP contribution in [0.4, 0.5) is 5.69 Å². The van der Waals surface area contributed by atoms with Crippen molar-refractivity contribution in [1.82, 2.24) is 0 Å². The Bertz CT molecular complexity index is 859. The van der Waals surface area contributed by atoms with Crippen LogP contribution in [0.2, 0.25) is 0 Å². The predicted molar refractivity (Wildman–Crippen MR) is 84.0 cm³/mol. The van der Waals surface area contributed by atoms with Crippen LogP contribution in [0.1, 0.15) is 11.1 Å². The normalized spacial score (nSPS) is 10.8. The fourth-order valence-electron chi connectivity index (χ4n) is 2.14. The molecule has 0 aliphatic carbocycles. The van der Waals surface area contributed by atoms with Gasteiger partial charge in [-0.05, 0) is 35.7 Å². The quantitative estimate of drug-likeness (QED) is 0.712. The number of aliphatic imine (C=N–C) groups is 1. The van der Waals surface area contributed by atoms with Crippen LogP contribution in [-0.4, -0.2) is 11.3 Å². The van der Waals surface area contributed by atoms with Gasteiger partial charge >= 0.3 is 0 Å². The number of fused-ring (bicyclic) bond motifs is 1. The molecule has 0 atom stereocenters. The van der Waals surface area contributed by atoms with Crippen molar-refractivity contribution in [3.63, 3.8) is 0 Å². The molecule has 21 heavy (non-hydrogen) atoms. The number of aromatic hydroxyl groups is 1. The van der Waals surface area contributed by atoms with Crippen LogP contribution in [0, 0.1) is 11.3 Å². The number of phenols is 1. The van der Waals surface area contributed by atoms with Crippen molar-refractivity contribution in [2.45, 2.75) is 0 Å². The third kappa shape index (κ3) is 2.60. The summed E-state index contributed by atoms with van der Waals surface area (Å²) in [5.41, 5.74) is 2.00. The maximum absolute atomic E-state index is 10.3. The molecule has 0 spiro atoms. The highest BCUT2D eigenvalue weighted by Crippen LogP contribution is 2.27.